The molecule has 0 aliphatic carbocycles. The fourth-order valence-corrected chi connectivity index (χ4v) is 3.46. The lowest BCUT2D eigenvalue weighted by molar-refractivity contribution is 0.0951. The molecular weight excluding hydrogens is 274 g/mol. The van der Waals surface area contributed by atoms with Gasteiger partial charge < -0.3 is 10.6 Å². The van der Waals surface area contributed by atoms with Gasteiger partial charge in [-0.05, 0) is 75.5 Å². The zero-order chi connectivity index (χ0) is 15.2. The molecule has 2 heterocycles. The first kappa shape index (κ1) is 15.5. The van der Waals surface area contributed by atoms with E-state index >= 15 is 0 Å². The van der Waals surface area contributed by atoms with Gasteiger partial charge in [0.25, 0.3) is 5.91 Å². The Morgan fingerprint density at radius 2 is 2.18 bits per heavy atom. The molecule has 3 rings (SSSR count). The predicted molar refractivity (Wildman–Crippen MR) is 88.9 cm³/mol. The van der Waals surface area contributed by atoms with Gasteiger partial charge in [0.15, 0.2) is 0 Å². The molecule has 0 aromatic heterocycles. The number of rotatable bonds is 6. The summed E-state index contributed by atoms with van der Waals surface area (Å²) in [5, 5.41) is 6.43. The summed E-state index contributed by atoms with van der Waals surface area (Å²) >= 11 is 0. The molecule has 1 unspecified atom stereocenters. The molecule has 2 aliphatic rings. The molecular formula is C18H27N3O. The maximum absolute atomic E-state index is 12.3. The Kier molecular flexibility index (Phi) is 5.46. The molecule has 120 valence electrons. The molecule has 4 nitrogen and oxygen atoms in total. The molecule has 1 amide bonds. The summed E-state index contributed by atoms with van der Waals surface area (Å²) in [5.74, 6) is 0.788. The minimum absolute atomic E-state index is 0.0641. The van der Waals surface area contributed by atoms with Crippen molar-refractivity contribution >= 4 is 5.91 Å². The third kappa shape index (κ3) is 4.31. The van der Waals surface area contributed by atoms with Crippen molar-refractivity contribution in [3.05, 3.63) is 35.4 Å². The minimum atomic E-state index is 0.0641. The maximum atomic E-state index is 12.3. The van der Waals surface area contributed by atoms with Gasteiger partial charge in [-0.1, -0.05) is 12.1 Å². The lowest BCUT2D eigenvalue weighted by atomic mass is 10.1. The van der Waals surface area contributed by atoms with E-state index in [4.69, 9.17) is 0 Å². The van der Waals surface area contributed by atoms with E-state index in [1.54, 1.807) is 0 Å². The molecule has 2 aliphatic heterocycles. The number of nitrogens with one attached hydrogen (secondary N) is 2. The Morgan fingerprint density at radius 3 is 2.95 bits per heavy atom. The maximum Gasteiger partial charge on any atom is 0.251 e. The van der Waals surface area contributed by atoms with Gasteiger partial charge in [-0.15, -0.1) is 0 Å². The van der Waals surface area contributed by atoms with Crippen LogP contribution in [-0.2, 0) is 6.54 Å². The molecule has 22 heavy (non-hydrogen) atoms. The second-order valence-corrected chi connectivity index (χ2v) is 6.59. The number of amides is 1. The van der Waals surface area contributed by atoms with E-state index in [2.05, 4.69) is 21.6 Å². The zero-order valence-corrected chi connectivity index (χ0v) is 13.3. The molecule has 0 saturated carbocycles. The molecule has 2 N–H and O–H groups in total. The molecule has 2 fully saturated rings. The summed E-state index contributed by atoms with van der Waals surface area (Å²) in [6.45, 7) is 6.34. The van der Waals surface area contributed by atoms with Crippen LogP contribution in [0.15, 0.2) is 24.3 Å². The van der Waals surface area contributed by atoms with Crippen molar-refractivity contribution in [1.29, 1.82) is 0 Å². The number of benzene rings is 1. The second kappa shape index (κ2) is 7.75. The normalized spacial score (nSPS) is 22.1. The Balaban J connectivity index is 1.48. The van der Waals surface area contributed by atoms with Crippen molar-refractivity contribution in [2.45, 2.75) is 32.2 Å². The van der Waals surface area contributed by atoms with Crippen LogP contribution in [0.5, 0.6) is 0 Å². The fraction of sp³-hybridized carbons (Fsp3) is 0.611. The van der Waals surface area contributed by atoms with Crippen molar-refractivity contribution in [2.75, 3.05) is 32.7 Å². The summed E-state index contributed by atoms with van der Waals surface area (Å²) in [6, 6.07) is 8.09. The average Bonchev–Trinajstić information content (AvgIpc) is 3.21. The largest absolute Gasteiger partial charge is 0.352 e. The second-order valence-electron chi connectivity index (χ2n) is 6.59. The van der Waals surface area contributed by atoms with Crippen LogP contribution in [0.25, 0.3) is 0 Å². The average molecular weight is 301 g/mol. The quantitative estimate of drug-likeness (QED) is 0.845. The van der Waals surface area contributed by atoms with Gasteiger partial charge >= 0.3 is 0 Å². The van der Waals surface area contributed by atoms with Crippen molar-refractivity contribution in [3.8, 4) is 0 Å². The van der Waals surface area contributed by atoms with E-state index in [0.29, 0.717) is 0 Å². The number of carbonyl (C=O) groups is 1. The third-order valence-corrected chi connectivity index (χ3v) is 4.79. The number of hydrogen-bond acceptors (Lipinski definition) is 3. The monoisotopic (exact) mass is 301 g/mol. The summed E-state index contributed by atoms with van der Waals surface area (Å²) in [7, 11) is 0. The zero-order valence-electron chi connectivity index (χ0n) is 13.3. The molecule has 1 atom stereocenters. The Labute approximate surface area is 133 Å². The Hall–Kier alpha value is -1.39. The molecule has 0 spiro atoms. The topological polar surface area (TPSA) is 44.4 Å². The van der Waals surface area contributed by atoms with E-state index in [9.17, 15) is 4.79 Å². The van der Waals surface area contributed by atoms with Crippen molar-refractivity contribution < 1.29 is 4.79 Å². The van der Waals surface area contributed by atoms with E-state index in [1.807, 2.05) is 18.2 Å². The standard InChI is InChI=1S/C18H27N3O/c22-18(20-9-7-15-6-8-19-13-15)17-5-3-4-16(12-17)14-21-10-1-2-11-21/h3-5,12,15,19H,1-2,6-11,13-14H2,(H,20,22). The van der Waals surface area contributed by atoms with Crippen LogP contribution in [-0.4, -0.2) is 43.5 Å². The van der Waals surface area contributed by atoms with E-state index in [1.165, 1.54) is 37.9 Å². The van der Waals surface area contributed by atoms with Gasteiger partial charge in [-0.2, -0.15) is 0 Å². The van der Waals surface area contributed by atoms with Gasteiger partial charge in [0.1, 0.15) is 0 Å². The van der Waals surface area contributed by atoms with Gasteiger partial charge in [0.05, 0.1) is 0 Å². The lowest BCUT2D eigenvalue weighted by Crippen LogP contribution is -2.26. The fourth-order valence-electron chi connectivity index (χ4n) is 3.46. The van der Waals surface area contributed by atoms with Crippen LogP contribution in [0.2, 0.25) is 0 Å². The third-order valence-electron chi connectivity index (χ3n) is 4.79. The summed E-state index contributed by atoms with van der Waals surface area (Å²) in [5.41, 5.74) is 2.04. The lowest BCUT2D eigenvalue weighted by Gasteiger charge is -2.15. The van der Waals surface area contributed by atoms with Crippen molar-refractivity contribution in [1.82, 2.24) is 15.5 Å². The Bertz CT molecular complexity index is 491. The van der Waals surface area contributed by atoms with Gasteiger partial charge in [0, 0.05) is 18.7 Å². The minimum Gasteiger partial charge on any atom is -0.352 e. The molecule has 1 aromatic carbocycles. The summed E-state index contributed by atoms with van der Waals surface area (Å²) in [4.78, 5) is 14.7. The summed E-state index contributed by atoms with van der Waals surface area (Å²) < 4.78 is 0. The van der Waals surface area contributed by atoms with Crippen molar-refractivity contribution in [2.24, 2.45) is 5.92 Å². The van der Waals surface area contributed by atoms with Gasteiger partial charge in [0.2, 0.25) is 0 Å². The van der Waals surface area contributed by atoms with E-state index in [0.717, 1.165) is 44.1 Å². The van der Waals surface area contributed by atoms with E-state index < -0.39 is 0 Å². The molecule has 1 aromatic rings. The highest BCUT2D eigenvalue weighted by atomic mass is 16.1. The van der Waals surface area contributed by atoms with Crippen LogP contribution < -0.4 is 10.6 Å². The number of nitrogens with zero attached hydrogens (tertiary/aromatic N) is 1. The number of carbonyl (C=O) groups excluding carboxylic acids is 1. The first-order chi connectivity index (χ1) is 10.8. The molecule has 4 heteroatoms. The molecule has 0 radical (unpaired) electrons. The number of likely N-dealkylation sites (tertiary alicyclic amines) is 1. The summed E-state index contributed by atoms with van der Waals surface area (Å²) in [6.07, 6.45) is 4.92. The van der Waals surface area contributed by atoms with Crippen LogP contribution in [0, 0.1) is 5.92 Å². The van der Waals surface area contributed by atoms with Crippen LogP contribution in [0.1, 0.15) is 41.6 Å². The first-order valence-electron chi connectivity index (χ1n) is 8.61. The molecule has 2 saturated heterocycles. The van der Waals surface area contributed by atoms with Crippen LogP contribution >= 0.6 is 0 Å². The van der Waals surface area contributed by atoms with Crippen molar-refractivity contribution in [3.63, 3.8) is 0 Å². The highest BCUT2D eigenvalue weighted by Crippen LogP contribution is 2.14. The number of hydrogen-bond donors (Lipinski definition) is 2. The highest BCUT2D eigenvalue weighted by Gasteiger charge is 2.15. The molecule has 0 bridgehead atoms. The first-order valence-corrected chi connectivity index (χ1v) is 8.61. The SMILES string of the molecule is O=C(NCCC1CCNC1)c1cccc(CN2CCCC2)c1. The van der Waals surface area contributed by atoms with E-state index in [-0.39, 0.29) is 5.91 Å². The van der Waals surface area contributed by atoms with Gasteiger partial charge in [-0.25, -0.2) is 0 Å². The highest BCUT2D eigenvalue weighted by molar-refractivity contribution is 5.94. The Morgan fingerprint density at radius 1 is 1.32 bits per heavy atom. The smallest absolute Gasteiger partial charge is 0.251 e. The predicted octanol–water partition coefficient (Wildman–Crippen LogP) is 2.01. The van der Waals surface area contributed by atoms with Gasteiger partial charge in [-0.3, -0.25) is 9.69 Å². The van der Waals surface area contributed by atoms with Crippen LogP contribution in [0.4, 0.5) is 0 Å². The van der Waals surface area contributed by atoms with Crippen LogP contribution in [0.3, 0.4) is 0 Å².